The zero-order valence-corrected chi connectivity index (χ0v) is 25.1. The summed E-state index contributed by atoms with van der Waals surface area (Å²) in [7, 11) is 0. The van der Waals surface area contributed by atoms with Gasteiger partial charge in [0.2, 0.25) is 17.7 Å². The molecule has 0 radical (unpaired) electrons. The van der Waals surface area contributed by atoms with E-state index in [2.05, 4.69) is 21.3 Å². The third-order valence-corrected chi connectivity index (χ3v) is 6.40. The van der Waals surface area contributed by atoms with Gasteiger partial charge in [-0.05, 0) is 42.7 Å². The molecular weight excluding hydrogens is 536 g/mol. The van der Waals surface area contributed by atoms with Crippen molar-refractivity contribution in [2.45, 2.75) is 78.6 Å². The number of ketones is 1. The summed E-state index contributed by atoms with van der Waals surface area (Å²) in [6.07, 6.45) is 0.247. The molecule has 4 amide bonds. The highest BCUT2D eigenvalue weighted by Gasteiger charge is 2.27. The van der Waals surface area contributed by atoms with Gasteiger partial charge in [0, 0.05) is 6.42 Å². The number of nitrogens with one attached hydrogen (secondary N) is 4. The molecular formula is C32H44N4O6. The smallest absolute Gasteiger partial charge is 0.408 e. The van der Waals surface area contributed by atoms with Crippen LogP contribution in [0.2, 0.25) is 0 Å². The van der Waals surface area contributed by atoms with Crippen LogP contribution in [0.3, 0.4) is 0 Å². The molecule has 0 fully saturated rings. The average Bonchev–Trinajstić information content (AvgIpc) is 2.94. The first-order valence-corrected chi connectivity index (χ1v) is 14.3. The number of ether oxygens (including phenoxy) is 1. The fourth-order valence-corrected chi connectivity index (χ4v) is 4.28. The standard InChI is InChI=1S/C32H44N4O6/c1-21(2)16-26(23(5)37)35-31(40)27(17-22(3)4)34-29(38)19-33-30(39)28(18-24-12-8-6-9-13-24)36-32(41)42-20-25-14-10-7-11-15-25/h6-15,21-22,26-28H,16-20H2,1-5H3,(H,33,39)(H,34,38)(H,35,40)(H,36,41)/t26-,27-,28-/m0/s1. The van der Waals surface area contributed by atoms with E-state index in [9.17, 15) is 24.0 Å². The molecule has 0 saturated carbocycles. The van der Waals surface area contributed by atoms with Crippen LogP contribution in [0.1, 0.15) is 58.6 Å². The predicted octanol–water partition coefficient (Wildman–Crippen LogP) is 3.29. The summed E-state index contributed by atoms with van der Waals surface area (Å²) >= 11 is 0. The van der Waals surface area contributed by atoms with Gasteiger partial charge in [-0.1, -0.05) is 88.4 Å². The van der Waals surface area contributed by atoms with Crippen LogP contribution in [0.25, 0.3) is 0 Å². The zero-order valence-electron chi connectivity index (χ0n) is 25.1. The van der Waals surface area contributed by atoms with E-state index in [1.165, 1.54) is 6.92 Å². The lowest BCUT2D eigenvalue weighted by molar-refractivity contribution is -0.132. The molecule has 0 aliphatic carbocycles. The maximum absolute atomic E-state index is 13.1. The van der Waals surface area contributed by atoms with Gasteiger partial charge in [0.05, 0.1) is 12.6 Å². The van der Waals surface area contributed by atoms with Gasteiger partial charge < -0.3 is 26.0 Å². The van der Waals surface area contributed by atoms with E-state index in [4.69, 9.17) is 4.74 Å². The quantitative estimate of drug-likeness (QED) is 0.240. The third kappa shape index (κ3) is 13.0. The molecule has 2 rings (SSSR count). The molecule has 2 aromatic carbocycles. The molecule has 0 saturated heterocycles. The van der Waals surface area contributed by atoms with Crippen LogP contribution >= 0.6 is 0 Å². The molecule has 10 nitrogen and oxygen atoms in total. The second-order valence-electron chi connectivity index (χ2n) is 11.2. The number of alkyl carbamates (subject to hydrolysis) is 1. The van der Waals surface area contributed by atoms with Crippen molar-refractivity contribution in [2.24, 2.45) is 11.8 Å². The van der Waals surface area contributed by atoms with Crippen LogP contribution in [-0.2, 0) is 36.9 Å². The first-order chi connectivity index (χ1) is 19.9. The highest BCUT2D eigenvalue weighted by molar-refractivity contribution is 5.94. The summed E-state index contributed by atoms with van der Waals surface area (Å²) in [6, 6.07) is 15.8. The van der Waals surface area contributed by atoms with Gasteiger partial charge in [0.1, 0.15) is 18.7 Å². The Bertz CT molecular complexity index is 1170. The molecule has 228 valence electrons. The minimum absolute atomic E-state index is 0.0374. The van der Waals surface area contributed by atoms with Gasteiger partial charge in [-0.25, -0.2) is 4.79 Å². The highest BCUT2D eigenvalue weighted by atomic mass is 16.5. The molecule has 0 aliphatic rings. The average molecular weight is 581 g/mol. The number of rotatable bonds is 16. The molecule has 10 heteroatoms. The van der Waals surface area contributed by atoms with Gasteiger partial charge in [0.25, 0.3) is 0 Å². The lowest BCUT2D eigenvalue weighted by Crippen LogP contribution is -2.54. The van der Waals surface area contributed by atoms with Gasteiger partial charge in [-0.15, -0.1) is 0 Å². The van der Waals surface area contributed by atoms with Crippen molar-refractivity contribution in [1.82, 2.24) is 21.3 Å². The molecule has 42 heavy (non-hydrogen) atoms. The van der Waals surface area contributed by atoms with Crippen molar-refractivity contribution in [3.05, 3.63) is 71.8 Å². The Morgan fingerprint density at radius 3 is 1.76 bits per heavy atom. The van der Waals surface area contributed by atoms with Gasteiger partial charge in [-0.3, -0.25) is 19.2 Å². The van der Waals surface area contributed by atoms with E-state index in [-0.39, 0.29) is 30.6 Å². The van der Waals surface area contributed by atoms with Crippen LogP contribution in [0.15, 0.2) is 60.7 Å². The van der Waals surface area contributed by atoms with E-state index in [0.717, 1.165) is 11.1 Å². The number of hydrogen-bond acceptors (Lipinski definition) is 6. The van der Waals surface area contributed by atoms with E-state index < -0.39 is 48.5 Å². The Morgan fingerprint density at radius 1 is 0.667 bits per heavy atom. The number of carbonyl (C=O) groups excluding carboxylic acids is 5. The summed E-state index contributed by atoms with van der Waals surface area (Å²) in [5.74, 6) is -1.48. The van der Waals surface area contributed by atoms with Crippen LogP contribution in [-0.4, -0.2) is 54.3 Å². The van der Waals surface area contributed by atoms with E-state index >= 15 is 0 Å². The van der Waals surface area contributed by atoms with Crippen LogP contribution in [0.5, 0.6) is 0 Å². The largest absolute Gasteiger partial charge is 0.445 e. The number of carbonyl (C=O) groups is 5. The Labute approximate surface area is 248 Å². The monoisotopic (exact) mass is 580 g/mol. The summed E-state index contributed by atoms with van der Waals surface area (Å²) in [5, 5.41) is 10.6. The lowest BCUT2D eigenvalue weighted by atomic mass is 9.99. The first-order valence-electron chi connectivity index (χ1n) is 14.3. The van der Waals surface area contributed by atoms with Crippen molar-refractivity contribution in [3.8, 4) is 0 Å². The van der Waals surface area contributed by atoms with Crippen molar-refractivity contribution < 1.29 is 28.7 Å². The summed E-state index contributed by atoms with van der Waals surface area (Å²) in [4.78, 5) is 63.5. The van der Waals surface area contributed by atoms with Crippen molar-refractivity contribution in [1.29, 1.82) is 0 Å². The van der Waals surface area contributed by atoms with Crippen molar-refractivity contribution in [2.75, 3.05) is 6.54 Å². The molecule has 0 aromatic heterocycles. The lowest BCUT2D eigenvalue weighted by Gasteiger charge is -2.24. The molecule has 0 aliphatic heterocycles. The molecule has 0 unspecified atom stereocenters. The number of Topliss-reactive ketones (excluding diaryl/α,β-unsaturated/α-hetero) is 1. The van der Waals surface area contributed by atoms with E-state index in [1.54, 1.807) is 0 Å². The first kappa shape index (κ1) is 34.0. The molecule has 4 N–H and O–H groups in total. The Balaban J connectivity index is 2.02. The maximum Gasteiger partial charge on any atom is 0.408 e. The number of benzene rings is 2. The Morgan fingerprint density at radius 2 is 1.21 bits per heavy atom. The fourth-order valence-electron chi connectivity index (χ4n) is 4.28. The molecule has 0 heterocycles. The molecule has 0 spiro atoms. The van der Waals surface area contributed by atoms with Gasteiger partial charge >= 0.3 is 6.09 Å². The topological polar surface area (TPSA) is 143 Å². The minimum Gasteiger partial charge on any atom is -0.445 e. The maximum atomic E-state index is 13.1. The highest BCUT2D eigenvalue weighted by Crippen LogP contribution is 2.10. The van der Waals surface area contributed by atoms with Gasteiger partial charge in [-0.2, -0.15) is 0 Å². The molecule has 2 aromatic rings. The molecule has 3 atom stereocenters. The van der Waals surface area contributed by atoms with Crippen LogP contribution in [0.4, 0.5) is 4.79 Å². The second-order valence-corrected chi connectivity index (χ2v) is 11.2. The fraction of sp³-hybridized carbons (Fsp3) is 0.469. The minimum atomic E-state index is -1.01. The summed E-state index contributed by atoms with van der Waals surface area (Å²) < 4.78 is 5.28. The van der Waals surface area contributed by atoms with E-state index in [1.807, 2.05) is 88.4 Å². The van der Waals surface area contributed by atoms with E-state index in [0.29, 0.717) is 12.8 Å². The second kappa shape index (κ2) is 17.6. The SMILES string of the molecule is CC(=O)[C@H](CC(C)C)NC(=O)[C@H](CC(C)C)NC(=O)CNC(=O)[C@H](Cc1ccccc1)NC(=O)OCc1ccccc1. The summed E-state index contributed by atoms with van der Waals surface area (Å²) in [5.41, 5.74) is 1.60. The normalized spacial score (nSPS) is 13.0. The third-order valence-electron chi connectivity index (χ3n) is 6.40. The van der Waals surface area contributed by atoms with Crippen LogP contribution in [0, 0.1) is 11.8 Å². The zero-order chi connectivity index (χ0) is 31.1. The van der Waals surface area contributed by atoms with Gasteiger partial charge in [0.15, 0.2) is 5.78 Å². The van der Waals surface area contributed by atoms with Crippen LogP contribution < -0.4 is 21.3 Å². The summed E-state index contributed by atoms with van der Waals surface area (Å²) in [6.45, 7) is 8.81. The van der Waals surface area contributed by atoms with Crippen molar-refractivity contribution in [3.63, 3.8) is 0 Å². The van der Waals surface area contributed by atoms with Crippen molar-refractivity contribution >= 4 is 29.6 Å². The predicted molar refractivity (Wildman–Crippen MR) is 160 cm³/mol. The number of hydrogen-bond donors (Lipinski definition) is 4. The Hall–Kier alpha value is -4.21. The molecule has 0 bridgehead atoms. The Kier molecular flexibility index (Phi) is 14.2. The number of amides is 4.